The number of hydrogen-bond acceptors (Lipinski definition) is 5. The van der Waals surface area contributed by atoms with Gasteiger partial charge in [0.1, 0.15) is 5.69 Å². The molecule has 0 bridgehead atoms. The van der Waals surface area contributed by atoms with Crippen LogP contribution in [-0.2, 0) is 7.05 Å². The Bertz CT molecular complexity index is 400. The molecule has 1 aromatic heterocycles. The van der Waals surface area contributed by atoms with Crippen molar-refractivity contribution in [2.75, 3.05) is 18.4 Å². The van der Waals surface area contributed by atoms with Crippen molar-refractivity contribution < 1.29 is 4.92 Å². The highest BCUT2D eigenvalue weighted by atomic mass is 16.6. The Morgan fingerprint density at radius 3 is 2.71 bits per heavy atom. The van der Waals surface area contributed by atoms with Gasteiger partial charge in [-0.3, -0.25) is 10.1 Å². The van der Waals surface area contributed by atoms with Gasteiger partial charge in [-0.1, -0.05) is 13.8 Å². The van der Waals surface area contributed by atoms with Gasteiger partial charge < -0.3 is 11.1 Å². The number of nitrogens with one attached hydrogen (secondary N) is 1. The largest absolute Gasteiger partial charge is 0.364 e. The van der Waals surface area contributed by atoms with Crippen LogP contribution < -0.4 is 11.1 Å². The van der Waals surface area contributed by atoms with E-state index in [-0.39, 0.29) is 16.5 Å². The highest BCUT2D eigenvalue weighted by Gasteiger charge is 2.27. The van der Waals surface area contributed by atoms with Gasteiger partial charge in [-0.25, -0.2) is 4.68 Å². The number of anilines is 1. The van der Waals surface area contributed by atoms with Crippen LogP contribution in [0.2, 0.25) is 0 Å². The Labute approximate surface area is 100 Å². The van der Waals surface area contributed by atoms with E-state index in [1.165, 1.54) is 4.68 Å². The molecule has 1 rings (SSSR count). The summed E-state index contributed by atoms with van der Waals surface area (Å²) in [6.07, 6.45) is 0.763. The first-order chi connectivity index (χ1) is 7.99. The van der Waals surface area contributed by atoms with E-state index >= 15 is 0 Å². The summed E-state index contributed by atoms with van der Waals surface area (Å²) in [5.74, 6) is 0.471. The van der Waals surface area contributed by atoms with Gasteiger partial charge in [0.15, 0.2) is 0 Å². The van der Waals surface area contributed by atoms with Crippen LogP contribution in [0.4, 0.5) is 11.5 Å². The van der Waals surface area contributed by atoms with Crippen molar-refractivity contribution in [2.24, 2.45) is 12.8 Å². The van der Waals surface area contributed by atoms with Crippen LogP contribution in [0.25, 0.3) is 0 Å². The van der Waals surface area contributed by atoms with Gasteiger partial charge in [-0.2, -0.15) is 5.10 Å². The van der Waals surface area contributed by atoms with Crippen LogP contribution in [-0.4, -0.2) is 27.8 Å². The summed E-state index contributed by atoms with van der Waals surface area (Å²) in [5, 5.41) is 18.3. The lowest BCUT2D eigenvalue weighted by Crippen LogP contribution is -2.11. The maximum absolute atomic E-state index is 11.1. The molecule has 0 amide bonds. The highest BCUT2D eigenvalue weighted by molar-refractivity contribution is 5.60. The molecule has 96 valence electrons. The Kier molecular flexibility index (Phi) is 4.45. The fourth-order valence-corrected chi connectivity index (χ4v) is 1.61. The maximum Gasteiger partial charge on any atom is 0.334 e. The van der Waals surface area contributed by atoms with Crippen LogP contribution >= 0.6 is 0 Å². The van der Waals surface area contributed by atoms with E-state index in [2.05, 4.69) is 10.4 Å². The monoisotopic (exact) mass is 241 g/mol. The Hall–Kier alpha value is -1.63. The third kappa shape index (κ3) is 2.94. The molecule has 0 aromatic carbocycles. The minimum atomic E-state index is -0.382. The number of rotatable bonds is 6. The maximum atomic E-state index is 11.1. The van der Waals surface area contributed by atoms with Gasteiger partial charge in [0.2, 0.25) is 5.82 Å². The Morgan fingerprint density at radius 1 is 1.59 bits per heavy atom. The van der Waals surface area contributed by atoms with Crippen LogP contribution in [0.1, 0.15) is 31.9 Å². The molecule has 17 heavy (non-hydrogen) atoms. The van der Waals surface area contributed by atoms with E-state index in [1.807, 2.05) is 13.8 Å². The molecule has 7 nitrogen and oxygen atoms in total. The van der Waals surface area contributed by atoms with Crippen molar-refractivity contribution in [2.45, 2.75) is 26.2 Å². The average Bonchev–Trinajstić information content (AvgIpc) is 2.57. The summed E-state index contributed by atoms with van der Waals surface area (Å²) in [4.78, 5) is 10.7. The van der Waals surface area contributed by atoms with Crippen LogP contribution in [0, 0.1) is 10.1 Å². The lowest BCUT2D eigenvalue weighted by molar-refractivity contribution is -0.384. The number of aromatic nitrogens is 2. The first kappa shape index (κ1) is 13.4. The number of hydrogen-bond donors (Lipinski definition) is 2. The van der Waals surface area contributed by atoms with Gasteiger partial charge in [0, 0.05) is 19.5 Å². The van der Waals surface area contributed by atoms with Crippen molar-refractivity contribution in [3.63, 3.8) is 0 Å². The summed E-state index contributed by atoms with van der Waals surface area (Å²) in [7, 11) is 1.70. The molecule has 0 saturated heterocycles. The SMILES string of the molecule is CC(C)c1nn(C)c(NCCCN)c1[N+](=O)[O-]. The van der Waals surface area contributed by atoms with Crippen LogP contribution in [0.15, 0.2) is 0 Å². The normalized spacial score (nSPS) is 10.9. The van der Waals surface area contributed by atoms with Crippen molar-refractivity contribution in [1.29, 1.82) is 0 Å². The molecule has 0 aliphatic carbocycles. The van der Waals surface area contributed by atoms with E-state index in [0.29, 0.717) is 24.6 Å². The molecule has 0 fully saturated rings. The summed E-state index contributed by atoms with van der Waals surface area (Å²) in [6, 6.07) is 0. The molecular weight excluding hydrogens is 222 g/mol. The molecular formula is C10H19N5O2. The lowest BCUT2D eigenvalue weighted by Gasteiger charge is -2.04. The van der Waals surface area contributed by atoms with Gasteiger partial charge in [0.05, 0.1) is 4.92 Å². The standard InChI is InChI=1S/C10H19N5O2/c1-7(2)8-9(15(16)17)10(14(3)13-8)12-6-4-5-11/h7,12H,4-6,11H2,1-3H3. The van der Waals surface area contributed by atoms with E-state index in [9.17, 15) is 10.1 Å². The number of aryl methyl sites for hydroxylation is 1. The average molecular weight is 241 g/mol. The Morgan fingerprint density at radius 2 is 2.24 bits per heavy atom. The third-order valence-electron chi connectivity index (χ3n) is 2.45. The highest BCUT2D eigenvalue weighted by Crippen LogP contribution is 2.32. The molecule has 0 unspecified atom stereocenters. The van der Waals surface area contributed by atoms with Crippen molar-refractivity contribution in [3.8, 4) is 0 Å². The fourth-order valence-electron chi connectivity index (χ4n) is 1.61. The Balaban J connectivity index is 3.05. The molecule has 0 atom stereocenters. The minimum Gasteiger partial charge on any atom is -0.364 e. The molecule has 0 radical (unpaired) electrons. The fraction of sp³-hybridized carbons (Fsp3) is 0.700. The van der Waals surface area contributed by atoms with E-state index < -0.39 is 0 Å². The molecule has 3 N–H and O–H groups in total. The van der Waals surface area contributed by atoms with E-state index in [4.69, 9.17) is 5.73 Å². The summed E-state index contributed by atoms with van der Waals surface area (Å²) >= 11 is 0. The van der Waals surface area contributed by atoms with Crippen LogP contribution in [0.3, 0.4) is 0 Å². The van der Waals surface area contributed by atoms with E-state index in [0.717, 1.165) is 6.42 Å². The zero-order valence-electron chi connectivity index (χ0n) is 10.4. The topological polar surface area (TPSA) is 99.0 Å². The van der Waals surface area contributed by atoms with E-state index in [1.54, 1.807) is 7.05 Å². The first-order valence-corrected chi connectivity index (χ1v) is 5.64. The van der Waals surface area contributed by atoms with Crippen molar-refractivity contribution in [3.05, 3.63) is 15.8 Å². The minimum absolute atomic E-state index is 0.0201. The second-order valence-corrected chi connectivity index (χ2v) is 4.19. The number of nitrogens with zero attached hydrogens (tertiary/aromatic N) is 3. The van der Waals surface area contributed by atoms with Crippen molar-refractivity contribution in [1.82, 2.24) is 9.78 Å². The van der Waals surface area contributed by atoms with Gasteiger partial charge >= 0.3 is 5.69 Å². The lowest BCUT2D eigenvalue weighted by atomic mass is 10.1. The first-order valence-electron chi connectivity index (χ1n) is 5.64. The van der Waals surface area contributed by atoms with Crippen molar-refractivity contribution >= 4 is 11.5 Å². The molecule has 0 spiro atoms. The van der Waals surface area contributed by atoms with Gasteiger partial charge in [-0.15, -0.1) is 0 Å². The molecule has 0 aliphatic heterocycles. The molecule has 0 aliphatic rings. The predicted octanol–water partition coefficient (Wildman–Crippen LogP) is 1.21. The molecule has 1 heterocycles. The zero-order chi connectivity index (χ0) is 13.0. The van der Waals surface area contributed by atoms with Gasteiger partial charge in [0.25, 0.3) is 0 Å². The molecule has 0 saturated carbocycles. The smallest absolute Gasteiger partial charge is 0.334 e. The van der Waals surface area contributed by atoms with Crippen LogP contribution in [0.5, 0.6) is 0 Å². The number of nitrogens with two attached hydrogens (primary N) is 1. The van der Waals surface area contributed by atoms with Gasteiger partial charge in [-0.05, 0) is 13.0 Å². The molecule has 7 heteroatoms. The predicted molar refractivity (Wildman–Crippen MR) is 66.1 cm³/mol. The summed E-state index contributed by atoms with van der Waals surface area (Å²) < 4.78 is 1.52. The zero-order valence-corrected chi connectivity index (χ0v) is 10.4. The second-order valence-electron chi connectivity index (χ2n) is 4.19. The third-order valence-corrected chi connectivity index (χ3v) is 2.45. The summed E-state index contributed by atoms with van der Waals surface area (Å²) in [6.45, 7) is 4.93. The quantitative estimate of drug-likeness (QED) is 0.443. The second kappa shape index (κ2) is 5.62. The summed E-state index contributed by atoms with van der Waals surface area (Å²) in [5.41, 5.74) is 5.96. The number of nitro groups is 1. The molecule has 1 aromatic rings.